The first kappa shape index (κ1) is 37.9. The first-order valence-electron chi connectivity index (χ1n) is 22.9. The second-order valence-electron chi connectivity index (χ2n) is 19.1. The maximum Gasteiger partial charge on any atom is 0.135 e. The lowest BCUT2D eigenvalue weighted by molar-refractivity contribution is 0.392. The number of hydrogen-bond donors (Lipinski definition) is 0. The smallest absolute Gasteiger partial charge is 0.135 e. The van der Waals surface area contributed by atoms with Crippen LogP contribution in [-0.2, 0) is 5.41 Å². The summed E-state index contributed by atoms with van der Waals surface area (Å²) in [5, 5.41) is 3.79. The van der Waals surface area contributed by atoms with Crippen LogP contribution in [0.4, 0.5) is 11.4 Å². The Kier molecular flexibility index (Phi) is 8.63. The highest BCUT2D eigenvalue weighted by Crippen LogP contribution is 2.54. The number of rotatable bonds is 6. The second kappa shape index (κ2) is 14.4. The van der Waals surface area contributed by atoms with E-state index in [4.69, 9.17) is 4.42 Å². The molecule has 0 amide bonds. The van der Waals surface area contributed by atoms with Gasteiger partial charge in [-0.25, -0.2) is 0 Å². The average Bonchev–Trinajstić information content (AvgIpc) is 3.93. The summed E-state index contributed by atoms with van der Waals surface area (Å²) in [6, 6.07) is 49.9. The lowest BCUT2D eigenvalue weighted by Crippen LogP contribution is -2.28. The van der Waals surface area contributed by atoms with Gasteiger partial charge in [0.2, 0.25) is 0 Å². The molecular formula is C60H52N2O. The Labute approximate surface area is 370 Å². The van der Waals surface area contributed by atoms with Crippen molar-refractivity contribution in [3.05, 3.63) is 204 Å². The Balaban J connectivity index is 0.927. The zero-order valence-electron chi connectivity index (χ0n) is 36.7. The molecule has 4 unspecified atom stereocenters. The summed E-state index contributed by atoms with van der Waals surface area (Å²) < 4.78 is 8.72. The number of allylic oxidation sites excluding steroid dienone is 8. The normalized spacial score (nSPS) is 22.0. The molecule has 2 aromatic heterocycles. The minimum atomic E-state index is 0.0110. The largest absolute Gasteiger partial charge is 0.456 e. The number of benzene rings is 6. The number of para-hydroxylation sites is 1. The number of anilines is 2. The number of fused-ring (bicyclic) bond motifs is 9. The molecule has 0 aliphatic heterocycles. The van der Waals surface area contributed by atoms with Crippen LogP contribution in [0.15, 0.2) is 186 Å². The van der Waals surface area contributed by atoms with Crippen molar-refractivity contribution < 1.29 is 4.42 Å². The van der Waals surface area contributed by atoms with E-state index < -0.39 is 0 Å². The quantitative estimate of drug-likeness (QED) is 0.167. The van der Waals surface area contributed by atoms with Crippen molar-refractivity contribution in [2.75, 3.05) is 4.90 Å². The molecule has 8 aromatic rings. The summed E-state index contributed by atoms with van der Waals surface area (Å²) in [4.78, 5) is 2.45. The Morgan fingerprint density at radius 2 is 1.27 bits per heavy atom. The zero-order valence-corrected chi connectivity index (χ0v) is 36.7. The van der Waals surface area contributed by atoms with Crippen molar-refractivity contribution in [1.82, 2.24) is 4.57 Å². The van der Waals surface area contributed by atoms with Crippen molar-refractivity contribution >= 4 is 55.9 Å². The molecule has 4 aliphatic rings. The molecule has 5 atom stereocenters. The molecule has 3 nitrogen and oxygen atoms in total. The van der Waals surface area contributed by atoms with Crippen LogP contribution in [-0.4, -0.2) is 4.57 Å². The first-order valence-corrected chi connectivity index (χ1v) is 22.9. The summed E-state index contributed by atoms with van der Waals surface area (Å²) in [6.07, 6.45) is 19.8. The van der Waals surface area contributed by atoms with Gasteiger partial charge in [-0.05, 0) is 142 Å². The van der Waals surface area contributed by atoms with E-state index in [9.17, 15) is 0 Å². The van der Waals surface area contributed by atoms with Crippen LogP contribution in [0, 0.1) is 17.8 Å². The molecule has 0 saturated heterocycles. The van der Waals surface area contributed by atoms with Gasteiger partial charge in [0, 0.05) is 50.4 Å². The SMILES string of the molecule is CC1C=CC(n2c3ccccc3c3cc(-c4ccc(N(C5=CC6C(C=C5)c5ccccc5C6(C)C)c5ccc(-c6ccc7oc8c(c7c6)[C@@H](C)CC=C8)cc5)cc4)ccc32)=CC1C. The number of aromatic nitrogens is 1. The lowest BCUT2D eigenvalue weighted by Gasteiger charge is -2.34. The minimum Gasteiger partial charge on any atom is -0.456 e. The fraction of sp³-hybridized carbons (Fsp3) is 0.200. The average molecular weight is 817 g/mol. The van der Waals surface area contributed by atoms with E-state index in [-0.39, 0.29) is 5.41 Å². The summed E-state index contributed by atoms with van der Waals surface area (Å²) in [5.74, 6) is 3.19. The molecule has 0 bridgehead atoms. The van der Waals surface area contributed by atoms with Crippen molar-refractivity contribution in [2.45, 2.75) is 58.3 Å². The van der Waals surface area contributed by atoms with Crippen LogP contribution in [0.3, 0.4) is 0 Å². The van der Waals surface area contributed by atoms with Gasteiger partial charge >= 0.3 is 0 Å². The Morgan fingerprint density at radius 3 is 2.03 bits per heavy atom. The standard InChI is InChI=1S/C60H52N2O/c1-37-17-24-46(33-39(37)3)62-55-15-9-7-13-50(55)51-34-42(22-31-56(51)62)40-18-25-44(26-19-40)61(47-29-30-49-48-12-6-8-14-53(48)60(4,5)54(49)36-47)45-27-20-41(21-28-45)43-23-32-57-52(35-43)59-38(2)11-10-16-58(59)63-57/h6-10,12-39,49,54H,11H2,1-5H3/t37?,38-,39?,49?,54?/m0/s1. The number of nitrogens with zero attached hydrogens (tertiary/aromatic N) is 2. The van der Waals surface area contributed by atoms with Gasteiger partial charge in [-0.3, -0.25) is 0 Å². The second-order valence-corrected chi connectivity index (χ2v) is 19.1. The van der Waals surface area contributed by atoms with E-state index in [1.54, 1.807) is 0 Å². The van der Waals surface area contributed by atoms with Gasteiger partial charge in [-0.2, -0.15) is 0 Å². The third-order valence-electron chi connectivity index (χ3n) is 15.0. The lowest BCUT2D eigenvalue weighted by atomic mass is 9.74. The van der Waals surface area contributed by atoms with E-state index in [0.717, 1.165) is 29.1 Å². The molecule has 4 aliphatic carbocycles. The van der Waals surface area contributed by atoms with Gasteiger partial charge in [0.05, 0.1) is 11.0 Å². The van der Waals surface area contributed by atoms with Crippen molar-refractivity contribution in [3.8, 4) is 22.3 Å². The highest BCUT2D eigenvalue weighted by atomic mass is 16.3. The summed E-state index contributed by atoms with van der Waals surface area (Å²) >= 11 is 0. The Bertz CT molecular complexity index is 3290. The molecule has 6 aromatic carbocycles. The molecule has 3 heteroatoms. The predicted molar refractivity (Wildman–Crippen MR) is 265 cm³/mol. The molecular weight excluding hydrogens is 765 g/mol. The Hall–Kier alpha value is -6.84. The molecule has 0 fully saturated rings. The first-order chi connectivity index (χ1) is 30.7. The van der Waals surface area contributed by atoms with Gasteiger partial charge in [0.25, 0.3) is 0 Å². The van der Waals surface area contributed by atoms with Crippen LogP contribution in [0.1, 0.15) is 75.3 Å². The molecule has 0 spiro atoms. The highest BCUT2D eigenvalue weighted by molar-refractivity contribution is 6.11. The molecule has 2 heterocycles. The number of hydrogen-bond acceptors (Lipinski definition) is 2. The third kappa shape index (κ3) is 6.00. The maximum absolute atomic E-state index is 6.27. The molecule has 0 N–H and O–H groups in total. The maximum atomic E-state index is 6.27. The molecule has 0 saturated carbocycles. The fourth-order valence-electron chi connectivity index (χ4n) is 11.3. The van der Waals surface area contributed by atoms with E-state index in [2.05, 4.69) is 226 Å². The van der Waals surface area contributed by atoms with Gasteiger partial charge < -0.3 is 13.9 Å². The topological polar surface area (TPSA) is 21.3 Å². The summed E-state index contributed by atoms with van der Waals surface area (Å²) in [5.41, 5.74) is 17.3. The van der Waals surface area contributed by atoms with E-state index in [1.165, 1.54) is 77.5 Å². The van der Waals surface area contributed by atoms with Gasteiger partial charge in [-0.15, -0.1) is 0 Å². The molecule has 63 heavy (non-hydrogen) atoms. The van der Waals surface area contributed by atoms with Gasteiger partial charge in [-0.1, -0.05) is 144 Å². The zero-order chi connectivity index (χ0) is 42.6. The fourth-order valence-corrected chi connectivity index (χ4v) is 11.3. The van der Waals surface area contributed by atoms with E-state index >= 15 is 0 Å². The van der Waals surface area contributed by atoms with Crippen molar-refractivity contribution in [3.63, 3.8) is 0 Å². The van der Waals surface area contributed by atoms with Crippen molar-refractivity contribution in [2.24, 2.45) is 17.8 Å². The Morgan fingerprint density at radius 1 is 0.603 bits per heavy atom. The van der Waals surface area contributed by atoms with E-state index in [0.29, 0.717) is 29.6 Å². The van der Waals surface area contributed by atoms with Crippen LogP contribution >= 0.6 is 0 Å². The molecule has 12 rings (SSSR count). The third-order valence-corrected chi connectivity index (χ3v) is 15.0. The molecule has 308 valence electrons. The van der Waals surface area contributed by atoms with Crippen LogP contribution in [0.5, 0.6) is 0 Å². The number of furan rings is 1. The van der Waals surface area contributed by atoms with Crippen LogP contribution < -0.4 is 4.90 Å². The van der Waals surface area contributed by atoms with Gasteiger partial charge in [0.15, 0.2) is 0 Å². The monoisotopic (exact) mass is 816 g/mol. The molecule has 0 radical (unpaired) electrons. The highest BCUT2D eigenvalue weighted by Gasteiger charge is 2.45. The van der Waals surface area contributed by atoms with Crippen LogP contribution in [0.25, 0.3) is 66.8 Å². The van der Waals surface area contributed by atoms with Gasteiger partial charge in [0.1, 0.15) is 11.3 Å². The summed E-state index contributed by atoms with van der Waals surface area (Å²) in [6.45, 7) is 11.8. The summed E-state index contributed by atoms with van der Waals surface area (Å²) in [7, 11) is 0. The van der Waals surface area contributed by atoms with Crippen molar-refractivity contribution in [1.29, 1.82) is 0 Å². The van der Waals surface area contributed by atoms with Crippen LogP contribution in [0.2, 0.25) is 0 Å². The van der Waals surface area contributed by atoms with E-state index in [1.807, 2.05) is 0 Å². The minimum absolute atomic E-state index is 0.0110. The predicted octanol–water partition coefficient (Wildman–Crippen LogP) is 16.4.